The van der Waals surface area contributed by atoms with Crippen molar-refractivity contribution in [2.75, 3.05) is 7.11 Å². The second-order valence-electron chi connectivity index (χ2n) is 4.64. The van der Waals surface area contributed by atoms with Gasteiger partial charge in [-0.1, -0.05) is 12.1 Å². The van der Waals surface area contributed by atoms with Gasteiger partial charge in [0.2, 0.25) is 0 Å². The highest BCUT2D eigenvalue weighted by atomic mass is 16.5. The summed E-state index contributed by atoms with van der Waals surface area (Å²) in [5.74, 6) is 0.883. The highest BCUT2D eigenvalue weighted by molar-refractivity contribution is 5.52. The topological polar surface area (TPSA) is 26.5 Å². The Morgan fingerprint density at radius 3 is 2.68 bits per heavy atom. The van der Waals surface area contributed by atoms with Gasteiger partial charge in [0.25, 0.3) is 0 Å². The van der Waals surface area contributed by atoms with E-state index in [1.165, 1.54) is 11.1 Å². The number of hydrogen-bond acceptors (Lipinski definition) is 2. The first-order valence-corrected chi connectivity index (χ1v) is 6.32. The minimum atomic E-state index is 0.832. The number of hydrogen-bond donors (Lipinski definition) is 0. The summed E-state index contributed by atoms with van der Waals surface area (Å²) in [4.78, 5) is 4.66. The lowest BCUT2D eigenvalue weighted by Crippen LogP contribution is -1.98. The summed E-state index contributed by atoms with van der Waals surface area (Å²) < 4.78 is 7.29. The number of aromatic nitrogens is 2. The van der Waals surface area contributed by atoms with Crippen molar-refractivity contribution in [2.24, 2.45) is 0 Å². The SMILES string of the molecule is COc1ccc(Cc2cn3cccc3c(C)n2)cc1. The molecule has 0 aliphatic carbocycles. The summed E-state index contributed by atoms with van der Waals surface area (Å²) >= 11 is 0. The molecule has 2 heterocycles. The van der Waals surface area contributed by atoms with Crippen LogP contribution in [0.15, 0.2) is 48.8 Å². The van der Waals surface area contributed by atoms with E-state index in [9.17, 15) is 0 Å². The van der Waals surface area contributed by atoms with E-state index in [1.807, 2.05) is 25.1 Å². The van der Waals surface area contributed by atoms with E-state index >= 15 is 0 Å². The van der Waals surface area contributed by atoms with Gasteiger partial charge in [-0.25, -0.2) is 0 Å². The van der Waals surface area contributed by atoms with Gasteiger partial charge in [-0.05, 0) is 36.8 Å². The Hall–Kier alpha value is -2.29. The standard InChI is InChI=1S/C16H16N2O/c1-12-16-4-3-9-18(16)11-14(17-12)10-13-5-7-15(19-2)8-6-13/h3-9,11H,10H2,1-2H3. The molecule has 96 valence electrons. The third-order valence-corrected chi connectivity index (χ3v) is 3.29. The smallest absolute Gasteiger partial charge is 0.118 e. The number of nitrogens with zero attached hydrogens (tertiary/aromatic N) is 2. The van der Waals surface area contributed by atoms with Crippen molar-refractivity contribution in [3.8, 4) is 5.75 Å². The maximum absolute atomic E-state index is 5.17. The van der Waals surface area contributed by atoms with Crippen LogP contribution in [0.1, 0.15) is 17.0 Å². The van der Waals surface area contributed by atoms with Gasteiger partial charge in [-0.2, -0.15) is 0 Å². The van der Waals surface area contributed by atoms with E-state index in [-0.39, 0.29) is 0 Å². The number of aryl methyl sites for hydroxylation is 1. The largest absolute Gasteiger partial charge is 0.497 e. The van der Waals surface area contributed by atoms with Gasteiger partial charge in [-0.15, -0.1) is 0 Å². The molecular formula is C16H16N2O. The van der Waals surface area contributed by atoms with Crippen LogP contribution in [0.2, 0.25) is 0 Å². The van der Waals surface area contributed by atoms with Crippen LogP contribution in [0.25, 0.3) is 5.52 Å². The average molecular weight is 252 g/mol. The number of ether oxygens (including phenoxy) is 1. The minimum Gasteiger partial charge on any atom is -0.497 e. The molecular weight excluding hydrogens is 236 g/mol. The lowest BCUT2D eigenvalue weighted by Gasteiger charge is -2.06. The second-order valence-corrected chi connectivity index (χ2v) is 4.64. The molecule has 0 radical (unpaired) electrons. The zero-order valence-corrected chi connectivity index (χ0v) is 11.1. The molecule has 0 aliphatic rings. The van der Waals surface area contributed by atoms with Gasteiger partial charge in [0.1, 0.15) is 5.75 Å². The van der Waals surface area contributed by atoms with E-state index in [2.05, 4.69) is 40.0 Å². The first-order chi connectivity index (χ1) is 9.26. The summed E-state index contributed by atoms with van der Waals surface area (Å²) in [6.07, 6.45) is 4.98. The monoisotopic (exact) mass is 252 g/mol. The maximum Gasteiger partial charge on any atom is 0.118 e. The third-order valence-electron chi connectivity index (χ3n) is 3.29. The van der Waals surface area contributed by atoms with Gasteiger partial charge in [0.05, 0.1) is 24.0 Å². The summed E-state index contributed by atoms with van der Waals surface area (Å²) in [5, 5.41) is 0. The van der Waals surface area contributed by atoms with Gasteiger partial charge in [-0.3, -0.25) is 4.98 Å². The summed E-state index contributed by atoms with van der Waals surface area (Å²) in [5.41, 5.74) is 4.54. The summed E-state index contributed by atoms with van der Waals surface area (Å²) in [7, 11) is 1.68. The van der Waals surface area contributed by atoms with Crippen LogP contribution < -0.4 is 4.74 Å². The second kappa shape index (κ2) is 4.76. The number of benzene rings is 1. The summed E-state index contributed by atoms with van der Waals surface area (Å²) in [6.45, 7) is 2.05. The van der Waals surface area contributed by atoms with E-state index in [4.69, 9.17) is 4.74 Å². The predicted octanol–water partition coefficient (Wildman–Crippen LogP) is 3.24. The zero-order valence-electron chi connectivity index (χ0n) is 11.1. The molecule has 3 aromatic rings. The molecule has 3 heteroatoms. The molecule has 1 aromatic carbocycles. The van der Waals surface area contributed by atoms with Crippen LogP contribution in [0.3, 0.4) is 0 Å². The first kappa shape index (κ1) is 11.8. The highest BCUT2D eigenvalue weighted by Gasteiger charge is 2.03. The Labute approximate surface area is 112 Å². The van der Waals surface area contributed by atoms with Crippen LogP contribution in [0, 0.1) is 6.92 Å². The number of fused-ring (bicyclic) bond motifs is 1. The van der Waals surface area contributed by atoms with Gasteiger partial charge >= 0.3 is 0 Å². The maximum atomic E-state index is 5.17. The molecule has 0 saturated heterocycles. The fourth-order valence-electron chi connectivity index (χ4n) is 2.31. The molecule has 0 aliphatic heterocycles. The van der Waals surface area contributed by atoms with Crippen LogP contribution in [-0.4, -0.2) is 16.5 Å². The quantitative estimate of drug-likeness (QED) is 0.715. The Kier molecular flexibility index (Phi) is 2.95. The van der Waals surface area contributed by atoms with Crippen LogP contribution in [-0.2, 0) is 6.42 Å². The highest BCUT2D eigenvalue weighted by Crippen LogP contribution is 2.16. The van der Waals surface area contributed by atoms with Gasteiger partial charge in [0.15, 0.2) is 0 Å². The normalized spacial score (nSPS) is 10.8. The van der Waals surface area contributed by atoms with Crippen molar-refractivity contribution < 1.29 is 4.74 Å². The molecule has 0 unspecified atom stereocenters. The Balaban J connectivity index is 1.91. The van der Waals surface area contributed by atoms with Crippen molar-refractivity contribution >= 4 is 5.52 Å². The fraction of sp³-hybridized carbons (Fsp3) is 0.188. The molecule has 0 bridgehead atoms. The molecule has 3 nitrogen and oxygen atoms in total. The molecule has 19 heavy (non-hydrogen) atoms. The molecule has 0 fully saturated rings. The molecule has 3 rings (SSSR count). The van der Waals surface area contributed by atoms with Crippen molar-refractivity contribution in [1.82, 2.24) is 9.38 Å². The molecule has 0 saturated carbocycles. The number of methoxy groups -OCH3 is 1. The van der Waals surface area contributed by atoms with Crippen molar-refractivity contribution in [3.05, 3.63) is 65.7 Å². The molecule has 2 aromatic heterocycles. The Morgan fingerprint density at radius 2 is 1.95 bits per heavy atom. The molecule has 0 spiro atoms. The Bertz CT molecular complexity index is 698. The van der Waals surface area contributed by atoms with E-state index < -0.39 is 0 Å². The number of rotatable bonds is 3. The van der Waals surface area contributed by atoms with Crippen LogP contribution in [0.4, 0.5) is 0 Å². The van der Waals surface area contributed by atoms with Crippen molar-refractivity contribution in [1.29, 1.82) is 0 Å². The van der Waals surface area contributed by atoms with Crippen LogP contribution >= 0.6 is 0 Å². The van der Waals surface area contributed by atoms with E-state index in [0.29, 0.717) is 0 Å². The van der Waals surface area contributed by atoms with Gasteiger partial charge < -0.3 is 9.14 Å². The Morgan fingerprint density at radius 1 is 1.16 bits per heavy atom. The first-order valence-electron chi connectivity index (χ1n) is 6.32. The fourth-order valence-corrected chi connectivity index (χ4v) is 2.31. The van der Waals surface area contributed by atoms with Gasteiger partial charge in [0, 0.05) is 18.8 Å². The lowest BCUT2D eigenvalue weighted by molar-refractivity contribution is 0.414. The average Bonchev–Trinajstić information content (AvgIpc) is 2.88. The van der Waals surface area contributed by atoms with E-state index in [1.54, 1.807) is 7.11 Å². The summed E-state index contributed by atoms with van der Waals surface area (Å²) in [6, 6.07) is 12.2. The molecule has 0 N–H and O–H groups in total. The third kappa shape index (κ3) is 2.32. The van der Waals surface area contributed by atoms with E-state index in [0.717, 1.165) is 23.6 Å². The predicted molar refractivity (Wildman–Crippen MR) is 75.7 cm³/mol. The minimum absolute atomic E-state index is 0.832. The zero-order chi connectivity index (χ0) is 13.2. The van der Waals surface area contributed by atoms with Crippen molar-refractivity contribution in [3.63, 3.8) is 0 Å². The molecule has 0 atom stereocenters. The molecule has 0 amide bonds. The van der Waals surface area contributed by atoms with Crippen LogP contribution in [0.5, 0.6) is 5.75 Å². The lowest BCUT2D eigenvalue weighted by atomic mass is 10.1. The van der Waals surface area contributed by atoms with Crippen molar-refractivity contribution in [2.45, 2.75) is 13.3 Å².